The summed E-state index contributed by atoms with van der Waals surface area (Å²) in [5, 5.41) is 3.08. The third-order valence-electron chi connectivity index (χ3n) is 4.39. The van der Waals surface area contributed by atoms with Gasteiger partial charge < -0.3 is 9.47 Å². The molecule has 1 unspecified atom stereocenters. The van der Waals surface area contributed by atoms with Crippen LogP contribution < -0.4 is 25.6 Å². The van der Waals surface area contributed by atoms with Crippen molar-refractivity contribution in [1.29, 1.82) is 0 Å². The van der Waals surface area contributed by atoms with Gasteiger partial charge in [0.2, 0.25) is 0 Å². The Balaban J connectivity index is 1.81. The van der Waals surface area contributed by atoms with E-state index in [4.69, 9.17) is 44.9 Å². The fourth-order valence-electron chi connectivity index (χ4n) is 2.62. The maximum absolute atomic E-state index is 12.2. The molecule has 11 heteroatoms. The molecule has 1 atom stereocenters. The lowest BCUT2D eigenvalue weighted by atomic mass is 10.0. The van der Waals surface area contributed by atoms with Gasteiger partial charge in [0.15, 0.2) is 17.8 Å². The first-order valence-electron chi connectivity index (χ1n) is 9.92. The maximum atomic E-state index is 12.2. The second-order valence-corrected chi connectivity index (χ2v) is 9.52. The number of aryl methyl sites for hydroxylation is 1. The Labute approximate surface area is 216 Å². The van der Waals surface area contributed by atoms with Crippen LogP contribution in [0.5, 0.6) is 11.5 Å². The summed E-state index contributed by atoms with van der Waals surface area (Å²) in [7, 11) is 0. The molecule has 2 rings (SSSR count). The van der Waals surface area contributed by atoms with E-state index in [1.54, 1.807) is 12.1 Å². The Morgan fingerprint density at radius 3 is 2.42 bits per heavy atom. The minimum atomic E-state index is -0.895. The Morgan fingerprint density at radius 1 is 1.09 bits per heavy atom. The van der Waals surface area contributed by atoms with Crippen LogP contribution in [0.4, 0.5) is 0 Å². The first-order valence-corrected chi connectivity index (χ1v) is 11.9. The Hall–Kier alpha value is -2.07. The van der Waals surface area contributed by atoms with E-state index in [-0.39, 0.29) is 22.7 Å². The third kappa shape index (κ3) is 8.33. The summed E-state index contributed by atoms with van der Waals surface area (Å²) in [4.78, 5) is 24.4. The number of thiocarbonyl (C=S) groups is 1. The van der Waals surface area contributed by atoms with Crippen molar-refractivity contribution in [1.82, 2.24) is 16.2 Å². The molecule has 0 fully saturated rings. The highest BCUT2D eigenvalue weighted by Crippen LogP contribution is 2.32. The summed E-state index contributed by atoms with van der Waals surface area (Å²) in [6, 6.07) is 8.52. The van der Waals surface area contributed by atoms with Crippen molar-refractivity contribution < 1.29 is 19.1 Å². The Kier molecular flexibility index (Phi) is 10.2. The van der Waals surface area contributed by atoms with Crippen molar-refractivity contribution in [2.45, 2.75) is 39.7 Å². The number of halogens is 3. The smallest absolute Gasteiger partial charge is 0.279 e. The molecule has 0 aromatic heterocycles. The lowest BCUT2D eigenvalue weighted by Crippen LogP contribution is -2.52. The van der Waals surface area contributed by atoms with E-state index in [9.17, 15) is 9.59 Å². The fourth-order valence-corrected chi connectivity index (χ4v) is 3.60. The van der Waals surface area contributed by atoms with Gasteiger partial charge in [0.1, 0.15) is 11.5 Å². The Morgan fingerprint density at radius 2 is 1.79 bits per heavy atom. The van der Waals surface area contributed by atoms with Crippen molar-refractivity contribution in [3.8, 4) is 11.5 Å². The largest absolute Gasteiger partial charge is 0.483 e. The number of carbonyl (C=O) groups excluding carboxylic acids is 2. The molecule has 7 nitrogen and oxygen atoms in total. The quantitative estimate of drug-likeness (QED) is 0.315. The van der Waals surface area contributed by atoms with Gasteiger partial charge in [0, 0.05) is 9.50 Å². The Bertz CT molecular complexity index is 1050. The molecule has 2 aromatic carbocycles. The van der Waals surface area contributed by atoms with E-state index in [1.807, 2.05) is 32.9 Å². The number of hydrogen-bond acceptors (Lipinski definition) is 5. The van der Waals surface area contributed by atoms with Crippen molar-refractivity contribution in [2.75, 3.05) is 6.61 Å². The molecule has 3 N–H and O–H groups in total. The van der Waals surface area contributed by atoms with Crippen LogP contribution in [0.2, 0.25) is 10.0 Å². The molecular formula is C22H24BrCl2N3O4S. The average molecular weight is 577 g/mol. The second-order valence-electron chi connectivity index (χ2n) is 7.41. The zero-order valence-corrected chi connectivity index (χ0v) is 22.3. The molecule has 0 spiro atoms. The summed E-state index contributed by atoms with van der Waals surface area (Å²) in [5.41, 5.74) is 6.78. The van der Waals surface area contributed by atoms with Gasteiger partial charge in [0.25, 0.3) is 11.8 Å². The lowest BCUT2D eigenvalue weighted by Gasteiger charge is -2.18. The number of carbonyl (C=O) groups is 2. The predicted octanol–water partition coefficient (Wildman–Crippen LogP) is 5.06. The summed E-state index contributed by atoms with van der Waals surface area (Å²) in [6.45, 7) is 7.30. The molecule has 0 saturated carbocycles. The van der Waals surface area contributed by atoms with Gasteiger partial charge in [0.05, 0.1) is 5.02 Å². The third-order valence-corrected chi connectivity index (χ3v) is 5.98. The molecule has 0 aliphatic heterocycles. The number of nitrogens with one attached hydrogen (secondary N) is 3. The SMILES string of the molecule is Cc1cc(OCC(=O)NC(=S)NNC(=O)C(C)Oc2ccc(Cl)cc2Cl)c(C(C)C)cc1Br. The molecule has 0 aliphatic rings. The van der Waals surface area contributed by atoms with Gasteiger partial charge in [-0.05, 0) is 73.4 Å². The van der Waals surface area contributed by atoms with Crippen LogP contribution in [-0.4, -0.2) is 29.6 Å². The molecule has 178 valence electrons. The van der Waals surface area contributed by atoms with Gasteiger partial charge in [-0.3, -0.25) is 25.8 Å². The summed E-state index contributed by atoms with van der Waals surface area (Å²) >= 11 is 20.4. The van der Waals surface area contributed by atoms with Crippen LogP contribution in [0.25, 0.3) is 0 Å². The number of amides is 2. The van der Waals surface area contributed by atoms with Crippen LogP contribution in [0, 0.1) is 6.92 Å². The van der Waals surface area contributed by atoms with E-state index >= 15 is 0 Å². The van der Waals surface area contributed by atoms with E-state index in [0.717, 1.165) is 15.6 Å². The number of benzene rings is 2. The zero-order chi connectivity index (χ0) is 24.7. The molecular weight excluding hydrogens is 553 g/mol. The highest BCUT2D eigenvalue weighted by Gasteiger charge is 2.17. The van der Waals surface area contributed by atoms with Crippen LogP contribution in [-0.2, 0) is 9.59 Å². The van der Waals surface area contributed by atoms with Gasteiger partial charge in [-0.15, -0.1) is 0 Å². The summed E-state index contributed by atoms with van der Waals surface area (Å²) in [6.07, 6.45) is -0.895. The van der Waals surface area contributed by atoms with Crippen molar-refractivity contribution in [3.05, 3.63) is 56.0 Å². The highest BCUT2D eigenvalue weighted by atomic mass is 79.9. The number of rotatable bonds is 7. The van der Waals surface area contributed by atoms with E-state index in [1.165, 1.54) is 13.0 Å². The average Bonchev–Trinajstić information content (AvgIpc) is 2.74. The van der Waals surface area contributed by atoms with Gasteiger partial charge >= 0.3 is 0 Å². The second kappa shape index (κ2) is 12.4. The van der Waals surface area contributed by atoms with Gasteiger partial charge in [-0.2, -0.15) is 0 Å². The molecule has 2 aromatic rings. The topological polar surface area (TPSA) is 88.7 Å². The first kappa shape index (κ1) is 27.2. The molecule has 0 heterocycles. The number of hydrazine groups is 1. The molecule has 0 saturated heterocycles. The molecule has 2 amide bonds. The van der Waals surface area contributed by atoms with E-state index in [2.05, 4.69) is 32.1 Å². The molecule has 0 radical (unpaired) electrons. The van der Waals surface area contributed by atoms with Crippen molar-refractivity contribution >= 4 is 68.3 Å². The predicted molar refractivity (Wildman–Crippen MR) is 137 cm³/mol. The number of ether oxygens (including phenoxy) is 2. The maximum Gasteiger partial charge on any atom is 0.279 e. The van der Waals surface area contributed by atoms with Crippen molar-refractivity contribution in [2.24, 2.45) is 0 Å². The first-order chi connectivity index (χ1) is 15.5. The van der Waals surface area contributed by atoms with E-state index in [0.29, 0.717) is 16.5 Å². The summed E-state index contributed by atoms with van der Waals surface area (Å²) in [5.74, 6) is 0.139. The number of hydrogen-bond donors (Lipinski definition) is 3. The van der Waals surface area contributed by atoms with Crippen LogP contribution in [0.3, 0.4) is 0 Å². The van der Waals surface area contributed by atoms with Crippen LogP contribution in [0.15, 0.2) is 34.8 Å². The molecule has 0 bridgehead atoms. The van der Waals surface area contributed by atoms with Gasteiger partial charge in [-0.25, -0.2) is 0 Å². The van der Waals surface area contributed by atoms with Crippen LogP contribution in [0.1, 0.15) is 37.8 Å². The lowest BCUT2D eigenvalue weighted by molar-refractivity contribution is -0.128. The fraction of sp³-hybridized carbons (Fsp3) is 0.318. The van der Waals surface area contributed by atoms with Crippen molar-refractivity contribution in [3.63, 3.8) is 0 Å². The van der Waals surface area contributed by atoms with Crippen LogP contribution >= 0.6 is 51.3 Å². The normalized spacial score (nSPS) is 11.5. The standard InChI is InChI=1S/C22H24BrCl2N3O4S/c1-11(2)15-9-16(23)12(3)7-19(15)31-10-20(29)26-22(33)28-27-21(30)13(4)32-18-6-5-14(24)8-17(18)25/h5-9,11,13H,10H2,1-4H3,(H,27,30)(H2,26,28,29,33). The molecule has 33 heavy (non-hydrogen) atoms. The minimum Gasteiger partial charge on any atom is -0.483 e. The van der Waals surface area contributed by atoms with E-state index < -0.39 is 17.9 Å². The molecule has 0 aliphatic carbocycles. The highest BCUT2D eigenvalue weighted by molar-refractivity contribution is 9.10. The minimum absolute atomic E-state index is 0.0928. The monoisotopic (exact) mass is 575 g/mol. The van der Waals surface area contributed by atoms with Gasteiger partial charge in [-0.1, -0.05) is 53.0 Å². The summed E-state index contributed by atoms with van der Waals surface area (Å²) < 4.78 is 12.2. The zero-order valence-electron chi connectivity index (χ0n) is 18.4.